The summed E-state index contributed by atoms with van der Waals surface area (Å²) in [6, 6.07) is 12.8. The first-order valence-corrected chi connectivity index (χ1v) is 13.9. The fraction of sp³-hybridized carbons (Fsp3) is 0.222. The minimum atomic E-state index is -4.20. The molecule has 0 aliphatic rings. The highest BCUT2D eigenvalue weighted by atomic mass is 32.2. The molecule has 0 aliphatic carbocycles. The van der Waals surface area contributed by atoms with Crippen LogP contribution in [0.5, 0.6) is 23.1 Å². The summed E-state index contributed by atoms with van der Waals surface area (Å²) in [5, 5.41) is 5.13. The molecule has 0 saturated heterocycles. The molecule has 0 saturated carbocycles. The molecule has 0 radical (unpaired) electrons. The lowest BCUT2D eigenvalue weighted by Crippen LogP contribution is -2.34. The first kappa shape index (κ1) is 29.0. The maximum atomic E-state index is 13.3. The largest absolute Gasteiger partial charge is 0.493 e. The number of carbonyl (C=O) groups is 1. The number of para-hydroxylation sites is 2. The van der Waals surface area contributed by atoms with Crippen molar-refractivity contribution in [3.8, 4) is 34.5 Å². The predicted octanol–water partition coefficient (Wildman–Crippen LogP) is 3.67. The molecule has 0 atom stereocenters. The number of methoxy groups -OCH3 is 2. The third kappa shape index (κ3) is 7.16. The van der Waals surface area contributed by atoms with Crippen LogP contribution in [0.25, 0.3) is 11.4 Å². The maximum absolute atomic E-state index is 13.3. The fourth-order valence-electron chi connectivity index (χ4n) is 3.57. The zero-order valence-electron chi connectivity index (χ0n) is 22.8. The summed E-state index contributed by atoms with van der Waals surface area (Å²) < 4.78 is 46.1. The van der Waals surface area contributed by atoms with E-state index in [1.165, 1.54) is 32.7 Å². The van der Waals surface area contributed by atoms with Crippen molar-refractivity contribution in [3.05, 3.63) is 72.2 Å². The average molecular weight is 580 g/mol. The molecular formula is C27H29N7O6S. The Bertz CT molecular complexity index is 1630. The van der Waals surface area contributed by atoms with E-state index in [2.05, 4.69) is 35.3 Å². The number of amides is 2. The van der Waals surface area contributed by atoms with Crippen LogP contribution < -0.4 is 29.6 Å². The molecular weight excluding hydrogens is 550 g/mol. The van der Waals surface area contributed by atoms with Crippen molar-refractivity contribution in [3.63, 3.8) is 0 Å². The third-order valence-electron chi connectivity index (χ3n) is 5.54. The molecule has 1 aromatic carbocycles. The van der Waals surface area contributed by atoms with Crippen molar-refractivity contribution in [1.29, 1.82) is 0 Å². The van der Waals surface area contributed by atoms with E-state index in [4.69, 9.17) is 14.2 Å². The fourth-order valence-corrected chi connectivity index (χ4v) is 4.51. The van der Waals surface area contributed by atoms with Crippen molar-refractivity contribution in [2.24, 2.45) is 0 Å². The second-order valence-corrected chi connectivity index (χ2v) is 10.1. The number of nitrogens with one attached hydrogen (secondary N) is 3. The number of benzene rings is 1. The standard InChI is InChI=1S/C27H29N7O6S/c1-5-28-27(35)31-16-19-14-18(12-13-29-19)24-32-25(34-41(36,37)22-11-10-17(2)15-30-22)23(26(33-24)39-4)40-21-9-7-6-8-20(21)38-3/h6-15H,5,16H2,1-4H3,(H2,28,31,35)(H,32,33,34). The maximum Gasteiger partial charge on any atom is 0.315 e. The number of sulfonamides is 1. The number of nitrogens with zero attached hydrogens (tertiary/aromatic N) is 4. The van der Waals surface area contributed by atoms with Crippen LogP contribution in [-0.4, -0.2) is 55.1 Å². The Morgan fingerprint density at radius 2 is 1.73 bits per heavy atom. The summed E-state index contributed by atoms with van der Waals surface area (Å²) in [7, 11) is -1.35. The molecule has 41 heavy (non-hydrogen) atoms. The van der Waals surface area contributed by atoms with Gasteiger partial charge in [0.15, 0.2) is 28.2 Å². The highest BCUT2D eigenvalue weighted by Gasteiger charge is 2.25. The number of hydrogen-bond donors (Lipinski definition) is 3. The Morgan fingerprint density at radius 1 is 0.951 bits per heavy atom. The van der Waals surface area contributed by atoms with E-state index < -0.39 is 10.0 Å². The van der Waals surface area contributed by atoms with Gasteiger partial charge in [0.2, 0.25) is 5.75 Å². The Kier molecular flexibility index (Phi) is 9.14. The minimum Gasteiger partial charge on any atom is -0.493 e. The highest BCUT2D eigenvalue weighted by Crippen LogP contribution is 2.41. The Balaban J connectivity index is 1.79. The number of urea groups is 1. The van der Waals surface area contributed by atoms with Gasteiger partial charge in [0.25, 0.3) is 15.9 Å². The molecule has 0 unspecified atom stereocenters. The molecule has 2 amide bonds. The summed E-state index contributed by atoms with van der Waals surface area (Å²) >= 11 is 0. The van der Waals surface area contributed by atoms with Gasteiger partial charge in [-0.25, -0.2) is 14.8 Å². The van der Waals surface area contributed by atoms with Crippen LogP contribution in [0.1, 0.15) is 18.2 Å². The molecule has 3 aromatic heterocycles. The molecule has 3 heterocycles. The van der Waals surface area contributed by atoms with Gasteiger partial charge < -0.3 is 24.8 Å². The van der Waals surface area contributed by atoms with Crippen LogP contribution in [0.15, 0.2) is 66.0 Å². The molecule has 3 N–H and O–H groups in total. The highest BCUT2D eigenvalue weighted by molar-refractivity contribution is 7.92. The molecule has 214 valence electrons. The molecule has 14 heteroatoms. The van der Waals surface area contributed by atoms with E-state index >= 15 is 0 Å². The van der Waals surface area contributed by atoms with Gasteiger partial charge in [-0.15, -0.1) is 0 Å². The van der Waals surface area contributed by atoms with Crippen molar-refractivity contribution in [2.45, 2.75) is 25.4 Å². The number of pyridine rings is 2. The van der Waals surface area contributed by atoms with Crippen molar-refractivity contribution >= 4 is 21.9 Å². The third-order valence-corrected chi connectivity index (χ3v) is 6.80. The predicted molar refractivity (Wildman–Crippen MR) is 151 cm³/mol. The lowest BCUT2D eigenvalue weighted by atomic mass is 10.2. The van der Waals surface area contributed by atoms with Gasteiger partial charge >= 0.3 is 6.03 Å². The lowest BCUT2D eigenvalue weighted by molar-refractivity contribution is 0.241. The van der Waals surface area contributed by atoms with Gasteiger partial charge in [-0.05, 0) is 49.7 Å². The summed E-state index contributed by atoms with van der Waals surface area (Å²) in [5.41, 5.74) is 1.81. The number of carbonyl (C=O) groups excluding carboxylic acids is 1. The van der Waals surface area contributed by atoms with Crippen molar-refractivity contribution in [1.82, 2.24) is 30.6 Å². The van der Waals surface area contributed by atoms with Gasteiger partial charge in [0, 0.05) is 24.5 Å². The lowest BCUT2D eigenvalue weighted by Gasteiger charge is -2.17. The van der Waals surface area contributed by atoms with Crippen LogP contribution in [-0.2, 0) is 16.6 Å². The quantitative estimate of drug-likeness (QED) is 0.239. The van der Waals surface area contributed by atoms with Crippen LogP contribution in [0, 0.1) is 6.92 Å². The molecule has 4 rings (SSSR count). The Labute approximate surface area is 237 Å². The number of aryl methyl sites for hydroxylation is 1. The molecule has 0 fully saturated rings. The van der Waals surface area contributed by atoms with Gasteiger partial charge in [-0.1, -0.05) is 18.2 Å². The van der Waals surface area contributed by atoms with E-state index in [1.807, 2.05) is 6.92 Å². The van der Waals surface area contributed by atoms with Gasteiger partial charge in [-0.2, -0.15) is 13.4 Å². The zero-order chi connectivity index (χ0) is 29.4. The summed E-state index contributed by atoms with van der Waals surface area (Å²) in [4.78, 5) is 29.1. The number of anilines is 1. The Morgan fingerprint density at radius 3 is 2.41 bits per heavy atom. The Hall–Kier alpha value is -4.98. The molecule has 0 spiro atoms. The number of ether oxygens (including phenoxy) is 3. The van der Waals surface area contributed by atoms with Gasteiger partial charge in [0.05, 0.1) is 26.5 Å². The van der Waals surface area contributed by atoms with Crippen molar-refractivity contribution < 1.29 is 27.4 Å². The molecule has 4 aromatic rings. The summed E-state index contributed by atoms with van der Waals surface area (Å²) in [6.07, 6.45) is 2.97. The number of hydrogen-bond acceptors (Lipinski definition) is 10. The van der Waals surface area contributed by atoms with Gasteiger partial charge in [-0.3, -0.25) is 9.71 Å². The van der Waals surface area contributed by atoms with E-state index in [9.17, 15) is 13.2 Å². The van der Waals surface area contributed by atoms with Crippen LogP contribution in [0.3, 0.4) is 0 Å². The summed E-state index contributed by atoms with van der Waals surface area (Å²) in [6.45, 7) is 4.23. The van der Waals surface area contributed by atoms with E-state index in [0.29, 0.717) is 23.6 Å². The normalized spacial score (nSPS) is 10.9. The number of rotatable bonds is 11. The number of aromatic nitrogens is 4. The second-order valence-electron chi connectivity index (χ2n) is 8.52. The SMILES string of the molecule is CCNC(=O)NCc1cc(-c2nc(NS(=O)(=O)c3ccc(C)cn3)c(Oc3ccccc3OC)c(OC)n2)ccn1. The van der Waals surface area contributed by atoms with Gasteiger partial charge in [0.1, 0.15) is 0 Å². The average Bonchev–Trinajstić information content (AvgIpc) is 2.97. The smallest absolute Gasteiger partial charge is 0.315 e. The van der Waals surface area contributed by atoms with E-state index in [1.54, 1.807) is 49.4 Å². The van der Waals surface area contributed by atoms with Crippen LogP contribution in [0.2, 0.25) is 0 Å². The topological polar surface area (TPSA) is 167 Å². The van der Waals surface area contributed by atoms with Crippen LogP contribution >= 0.6 is 0 Å². The monoisotopic (exact) mass is 579 g/mol. The molecule has 13 nitrogen and oxygen atoms in total. The zero-order valence-corrected chi connectivity index (χ0v) is 23.7. The van der Waals surface area contributed by atoms with E-state index in [0.717, 1.165) is 5.56 Å². The molecule has 0 aliphatic heterocycles. The first-order valence-electron chi connectivity index (χ1n) is 12.4. The minimum absolute atomic E-state index is 0.0470. The molecule has 0 bridgehead atoms. The summed E-state index contributed by atoms with van der Waals surface area (Å²) in [5.74, 6) is 0.453. The van der Waals surface area contributed by atoms with Crippen LogP contribution in [0.4, 0.5) is 10.6 Å². The van der Waals surface area contributed by atoms with Crippen molar-refractivity contribution in [2.75, 3.05) is 25.5 Å². The first-order chi connectivity index (χ1) is 19.7. The van der Waals surface area contributed by atoms with E-state index in [-0.39, 0.29) is 46.6 Å². The second kappa shape index (κ2) is 12.9.